The monoisotopic (exact) mass is 497 g/mol. The SMILES string of the molecule is CCCOc1ccc(C2/C(=C(/O)c3ccc4c(c3)CCCC4)C(=O)C(=O)N2c2cccc(OC)c2)cc1. The fourth-order valence-electron chi connectivity index (χ4n) is 5.18. The molecule has 6 nitrogen and oxygen atoms in total. The fraction of sp³-hybridized carbons (Fsp3) is 0.290. The van der Waals surface area contributed by atoms with E-state index in [0.29, 0.717) is 34.9 Å². The summed E-state index contributed by atoms with van der Waals surface area (Å²) in [4.78, 5) is 28.4. The maximum absolute atomic E-state index is 13.5. The van der Waals surface area contributed by atoms with Gasteiger partial charge in [0.25, 0.3) is 11.7 Å². The van der Waals surface area contributed by atoms with Crippen molar-refractivity contribution in [1.29, 1.82) is 0 Å². The van der Waals surface area contributed by atoms with Crippen LogP contribution < -0.4 is 14.4 Å². The number of benzene rings is 3. The number of carbonyl (C=O) groups is 2. The van der Waals surface area contributed by atoms with Gasteiger partial charge in [-0.3, -0.25) is 14.5 Å². The molecule has 0 aromatic heterocycles. The van der Waals surface area contributed by atoms with E-state index in [0.717, 1.165) is 32.1 Å². The van der Waals surface area contributed by atoms with Gasteiger partial charge in [-0.15, -0.1) is 0 Å². The first kappa shape index (κ1) is 24.6. The van der Waals surface area contributed by atoms with Crippen molar-refractivity contribution in [2.45, 2.75) is 45.1 Å². The highest BCUT2D eigenvalue weighted by Gasteiger charge is 2.47. The molecular formula is C31H31NO5. The molecule has 1 atom stereocenters. The number of Topliss-reactive ketones (excluding diaryl/α,β-unsaturated/α-hetero) is 1. The van der Waals surface area contributed by atoms with Gasteiger partial charge in [-0.1, -0.05) is 37.3 Å². The van der Waals surface area contributed by atoms with Gasteiger partial charge in [0.2, 0.25) is 0 Å². The van der Waals surface area contributed by atoms with E-state index in [1.165, 1.54) is 16.0 Å². The Morgan fingerprint density at radius 3 is 2.43 bits per heavy atom. The number of ketones is 1. The minimum Gasteiger partial charge on any atom is -0.507 e. The van der Waals surface area contributed by atoms with Crippen LogP contribution in [0.15, 0.2) is 72.3 Å². The second kappa shape index (κ2) is 10.5. The molecule has 1 fully saturated rings. The van der Waals surface area contributed by atoms with Crippen molar-refractivity contribution in [2.75, 3.05) is 18.6 Å². The number of methoxy groups -OCH3 is 1. The number of hydrogen-bond donors (Lipinski definition) is 1. The Morgan fingerprint density at radius 1 is 0.946 bits per heavy atom. The molecule has 6 heteroatoms. The van der Waals surface area contributed by atoms with Gasteiger partial charge in [0.1, 0.15) is 17.3 Å². The Hall–Kier alpha value is -4.06. The Bertz CT molecular complexity index is 1360. The van der Waals surface area contributed by atoms with E-state index in [1.54, 1.807) is 31.4 Å². The highest BCUT2D eigenvalue weighted by molar-refractivity contribution is 6.51. The fourth-order valence-corrected chi connectivity index (χ4v) is 5.18. The van der Waals surface area contributed by atoms with E-state index >= 15 is 0 Å². The first-order valence-electron chi connectivity index (χ1n) is 12.8. The Balaban J connectivity index is 1.64. The second-order valence-electron chi connectivity index (χ2n) is 9.48. The molecule has 0 radical (unpaired) electrons. The molecule has 3 aromatic rings. The number of ether oxygens (including phenoxy) is 2. The van der Waals surface area contributed by atoms with Crippen molar-refractivity contribution < 1.29 is 24.2 Å². The molecule has 2 aliphatic rings. The zero-order valence-electron chi connectivity index (χ0n) is 21.2. The number of anilines is 1. The summed E-state index contributed by atoms with van der Waals surface area (Å²) in [5, 5.41) is 11.5. The molecular weight excluding hydrogens is 466 g/mol. The molecule has 1 aliphatic carbocycles. The van der Waals surface area contributed by atoms with Crippen molar-refractivity contribution >= 4 is 23.1 Å². The van der Waals surface area contributed by atoms with Gasteiger partial charge in [0, 0.05) is 17.3 Å². The topological polar surface area (TPSA) is 76.1 Å². The summed E-state index contributed by atoms with van der Waals surface area (Å²) >= 11 is 0. The number of carbonyl (C=O) groups excluding carboxylic acids is 2. The van der Waals surface area contributed by atoms with Gasteiger partial charge in [-0.05, 0) is 79.1 Å². The Labute approximate surface area is 217 Å². The molecule has 1 saturated heterocycles. The van der Waals surface area contributed by atoms with Crippen LogP contribution in [0, 0.1) is 0 Å². The molecule has 0 saturated carbocycles. The lowest BCUT2D eigenvalue weighted by molar-refractivity contribution is -0.132. The highest BCUT2D eigenvalue weighted by atomic mass is 16.5. The van der Waals surface area contributed by atoms with Crippen molar-refractivity contribution in [3.63, 3.8) is 0 Å². The van der Waals surface area contributed by atoms with Crippen molar-refractivity contribution in [3.8, 4) is 11.5 Å². The first-order valence-corrected chi connectivity index (χ1v) is 12.8. The number of aliphatic hydroxyl groups excluding tert-OH is 1. The maximum Gasteiger partial charge on any atom is 0.300 e. The largest absolute Gasteiger partial charge is 0.507 e. The van der Waals surface area contributed by atoms with Crippen LogP contribution in [-0.4, -0.2) is 30.5 Å². The molecule has 1 unspecified atom stereocenters. The summed E-state index contributed by atoms with van der Waals surface area (Å²) in [5.74, 6) is -0.290. The predicted octanol–water partition coefficient (Wildman–Crippen LogP) is 5.99. The third kappa shape index (κ3) is 4.71. The number of nitrogens with zero attached hydrogens (tertiary/aromatic N) is 1. The van der Waals surface area contributed by atoms with E-state index in [9.17, 15) is 14.7 Å². The van der Waals surface area contributed by atoms with Gasteiger partial charge in [-0.25, -0.2) is 0 Å². The highest BCUT2D eigenvalue weighted by Crippen LogP contribution is 2.43. The van der Waals surface area contributed by atoms with Gasteiger partial charge < -0.3 is 14.6 Å². The van der Waals surface area contributed by atoms with Crippen molar-refractivity contribution in [1.82, 2.24) is 0 Å². The minimum atomic E-state index is -0.802. The summed E-state index contributed by atoms with van der Waals surface area (Å²) in [6.07, 6.45) is 5.10. The number of hydrogen-bond acceptors (Lipinski definition) is 5. The summed E-state index contributed by atoms with van der Waals surface area (Å²) < 4.78 is 11.1. The third-order valence-electron chi connectivity index (χ3n) is 7.07. The van der Waals surface area contributed by atoms with Gasteiger partial charge >= 0.3 is 0 Å². The number of fused-ring (bicyclic) bond motifs is 1. The molecule has 5 rings (SSSR count). The van der Waals surface area contributed by atoms with Crippen LogP contribution in [0.5, 0.6) is 11.5 Å². The second-order valence-corrected chi connectivity index (χ2v) is 9.48. The van der Waals surface area contributed by atoms with Crippen LogP contribution in [0.2, 0.25) is 0 Å². The van der Waals surface area contributed by atoms with E-state index in [4.69, 9.17) is 9.47 Å². The standard InChI is InChI=1S/C31H31NO5/c1-3-17-37-25-15-13-21(14-16-25)28-27(29(33)23-12-11-20-7-4-5-8-22(20)18-23)30(34)31(35)32(28)24-9-6-10-26(19-24)36-2/h6,9-16,18-19,28,33H,3-5,7-8,17H2,1-2H3/b29-27-. The van der Waals surface area contributed by atoms with E-state index in [2.05, 4.69) is 0 Å². The average molecular weight is 498 g/mol. The van der Waals surface area contributed by atoms with Gasteiger partial charge in [-0.2, -0.15) is 0 Å². The first-order chi connectivity index (χ1) is 18.0. The molecule has 1 amide bonds. The number of rotatable bonds is 7. The van der Waals surface area contributed by atoms with Crippen LogP contribution in [-0.2, 0) is 22.4 Å². The lowest BCUT2D eigenvalue weighted by Crippen LogP contribution is -2.29. The zero-order valence-corrected chi connectivity index (χ0v) is 21.2. The molecule has 1 aliphatic heterocycles. The summed E-state index contributed by atoms with van der Waals surface area (Å²) in [6.45, 7) is 2.64. The lowest BCUT2D eigenvalue weighted by atomic mass is 9.88. The third-order valence-corrected chi connectivity index (χ3v) is 7.07. The number of aryl methyl sites for hydroxylation is 2. The number of amides is 1. The quantitative estimate of drug-likeness (QED) is 0.247. The summed E-state index contributed by atoms with van der Waals surface area (Å²) in [5.41, 5.74) is 4.31. The van der Waals surface area contributed by atoms with E-state index in [-0.39, 0.29) is 11.3 Å². The van der Waals surface area contributed by atoms with Crippen LogP contribution in [0.1, 0.15) is 54.5 Å². The minimum absolute atomic E-state index is 0.0748. The van der Waals surface area contributed by atoms with Gasteiger partial charge in [0.05, 0.1) is 25.3 Å². The molecule has 1 heterocycles. The summed E-state index contributed by atoms with van der Waals surface area (Å²) in [7, 11) is 1.55. The smallest absolute Gasteiger partial charge is 0.300 e. The van der Waals surface area contributed by atoms with Crippen LogP contribution in [0.25, 0.3) is 5.76 Å². The van der Waals surface area contributed by atoms with E-state index < -0.39 is 17.7 Å². The van der Waals surface area contributed by atoms with Crippen LogP contribution in [0.3, 0.4) is 0 Å². The van der Waals surface area contributed by atoms with Crippen LogP contribution in [0.4, 0.5) is 5.69 Å². The normalized spacial score (nSPS) is 18.5. The van der Waals surface area contributed by atoms with E-state index in [1.807, 2.05) is 49.4 Å². The predicted molar refractivity (Wildman–Crippen MR) is 143 cm³/mol. The van der Waals surface area contributed by atoms with Gasteiger partial charge in [0.15, 0.2) is 0 Å². The van der Waals surface area contributed by atoms with Crippen LogP contribution >= 0.6 is 0 Å². The number of aliphatic hydroxyl groups is 1. The lowest BCUT2D eigenvalue weighted by Gasteiger charge is -2.26. The summed E-state index contributed by atoms with van der Waals surface area (Å²) in [6, 6.07) is 19.4. The Kier molecular flexibility index (Phi) is 6.99. The zero-order chi connectivity index (χ0) is 25.9. The molecule has 0 bridgehead atoms. The molecule has 1 N–H and O–H groups in total. The average Bonchev–Trinajstić information content (AvgIpc) is 3.21. The molecule has 37 heavy (non-hydrogen) atoms. The molecule has 3 aromatic carbocycles. The Morgan fingerprint density at radius 2 is 1.70 bits per heavy atom. The molecule has 0 spiro atoms. The maximum atomic E-state index is 13.5. The molecule has 190 valence electrons. The van der Waals surface area contributed by atoms with Crippen molar-refractivity contribution in [3.05, 3.63) is 94.6 Å². The van der Waals surface area contributed by atoms with Crippen molar-refractivity contribution in [2.24, 2.45) is 0 Å².